The number of amides is 1. The van der Waals surface area contributed by atoms with Gasteiger partial charge in [0.05, 0.1) is 11.7 Å². The van der Waals surface area contributed by atoms with Gasteiger partial charge in [0, 0.05) is 24.7 Å². The summed E-state index contributed by atoms with van der Waals surface area (Å²) in [5, 5.41) is 15.0. The quantitative estimate of drug-likeness (QED) is 0.541. The predicted molar refractivity (Wildman–Crippen MR) is 105 cm³/mol. The van der Waals surface area contributed by atoms with Gasteiger partial charge in [-0.3, -0.25) is 14.9 Å². The molecule has 0 saturated carbocycles. The van der Waals surface area contributed by atoms with Crippen molar-refractivity contribution in [2.45, 2.75) is 13.1 Å². The summed E-state index contributed by atoms with van der Waals surface area (Å²) in [7, 11) is 1.73. The second kappa shape index (κ2) is 7.47. The Bertz CT molecular complexity index is 1090. The van der Waals surface area contributed by atoms with Crippen LogP contribution in [0, 0.1) is 11.6 Å². The minimum Gasteiger partial charge on any atom is -0.352 e. The molecular weight excluding hydrogens is 380 g/mol. The Balaban J connectivity index is 1.58. The summed E-state index contributed by atoms with van der Waals surface area (Å²) in [5.74, 6) is -2.17. The molecule has 0 radical (unpaired) electrons. The monoisotopic (exact) mass is 399 g/mol. The van der Waals surface area contributed by atoms with Gasteiger partial charge in [0.15, 0.2) is 0 Å². The molecule has 1 unspecified atom stereocenters. The van der Waals surface area contributed by atoms with Crippen LogP contribution in [0.25, 0.3) is 10.9 Å². The molecule has 1 aromatic heterocycles. The van der Waals surface area contributed by atoms with E-state index in [1.54, 1.807) is 25.2 Å². The number of nitrogens with one attached hydrogen (secondary N) is 4. The number of aromatic nitrogens is 2. The van der Waals surface area contributed by atoms with E-state index in [0.717, 1.165) is 28.7 Å². The number of carbonyl (C=O) groups is 1. The molecule has 2 heterocycles. The molecular formula is C19H19F2N7O. The van der Waals surface area contributed by atoms with Crippen molar-refractivity contribution in [1.29, 1.82) is 0 Å². The van der Waals surface area contributed by atoms with Crippen LogP contribution < -0.4 is 16.1 Å². The molecule has 1 aliphatic rings. The van der Waals surface area contributed by atoms with Crippen LogP contribution in [0.1, 0.15) is 29.0 Å². The Labute approximate surface area is 165 Å². The van der Waals surface area contributed by atoms with Gasteiger partial charge in [-0.15, -0.1) is 0 Å². The van der Waals surface area contributed by atoms with E-state index in [9.17, 15) is 13.6 Å². The molecule has 4 N–H and O–H groups in total. The van der Waals surface area contributed by atoms with Gasteiger partial charge in [-0.05, 0) is 42.8 Å². The van der Waals surface area contributed by atoms with E-state index in [1.165, 1.54) is 0 Å². The lowest BCUT2D eigenvalue weighted by Crippen LogP contribution is -2.37. The number of hydrogen-bond donors (Lipinski definition) is 4. The van der Waals surface area contributed by atoms with Crippen LogP contribution in [0.2, 0.25) is 0 Å². The fourth-order valence-electron chi connectivity index (χ4n) is 3.11. The standard InChI is InChI=1S/C19H19F2N7O/c1-3-22-18(29)16-13(20)7-10(8-14(16)21)17-25-19(28(2)27-17)24-12-4-5-15-11(6-12)9-23-26-15/h4-9,17,27H,3H2,1-2H3,(H,22,29)(H,23,26)(H,24,25). The van der Waals surface area contributed by atoms with E-state index in [0.29, 0.717) is 5.96 Å². The SMILES string of the molecule is CCNC(=O)c1c(F)cc(C2N=C(Nc3ccc4[nH]ncc4c3)N(C)N2)cc1F. The molecule has 4 rings (SSSR count). The normalized spacial score (nSPS) is 16.2. The van der Waals surface area contributed by atoms with Gasteiger partial charge in [0.25, 0.3) is 5.91 Å². The first-order valence-corrected chi connectivity index (χ1v) is 9.01. The van der Waals surface area contributed by atoms with Crippen molar-refractivity contribution in [2.24, 2.45) is 4.99 Å². The number of nitrogens with zero attached hydrogens (tertiary/aromatic N) is 3. The minimum atomic E-state index is -0.933. The molecule has 8 nitrogen and oxygen atoms in total. The summed E-state index contributed by atoms with van der Waals surface area (Å²) in [5.41, 5.74) is 4.38. The maximum atomic E-state index is 14.4. The van der Waals surface area contributed by atoms with Crippen LogP contribution in [0.5, 0.6) is 0 Å². The zero-order valence-corrected chi connectivity index (χ0v) is 15.8. The largest absolute Gasteiger partial charge is 0.352 e. The highest BCUT2D eigenvalue weighted by Gasteiger charge is 2.26. The molecule has 0 saturated heterocycles. The summed E-state index contributed by atoms with van der Waals surface area (Å²) in [6.07, 6.45) is 1.01. The second-order valence-electron chi connectivity index (χ2n) is 6.56. The number of carbonyl (C=O) groups excluding carboxylic acids is 1. The predicted octanol–water partition coefficient (Wildman–Crippen LogP) is 2.51. The van der Waals surface area contributed by atoms with Gasteiger partial charge in [-0.2, -0.15) is 5.10 Å². The lowest BCUT2D eigenvalue weighted by Gasteiger charge is -2.17. The molecule has 0 spiro atoms. The van der Waals surface area contributed by atoms with Crippen molar-refractivity contribution < 1.29 is 13.6 Å². The van der Waals surface area contributed by atoms with Crippen molar-refractivity contribution in [3.8, 4) is 0 Å². The summed E-state index contributed by atoms with van der Waals surface area (Å²) < 4.78 is 28.8. The third-order valence-corrected chi connectivity index (χ3v) is 4.53. The molecule has 0 fully saturated rings. The number of guanidine groups is 1. The molecule has 150 valence electrons. The van der Waals surface area contributed by atoms with Gasteiger partial charge in [0.1, 0.15) is 23.4 Å². The molecule has 1 atom stereocenters. The van der Waals surface area contributed by atoms with Crippen LogP contribution in [-0.2, 0) is 0 Å². The van der Waals surface area contributed by atoms with E-state index < -0.39 is 29.3 Å². The van der Waals surface area contributed by atoms with E-state index in [4.69, 9.17) is 0 Å². The molecule has 3 aromatic rings. The number of H-pyrrole nitrogens is 1. The van der Waals surface area contributed by atoms with Gasteiger partial charge < -0.3 is 10.6 Å². The molecule has 29 heavy (non-hydrogen) atoms. The van der Waals surface area contributed by atoms with Gasteiger partial charge >= 0.3 is 0 Å². The first-order valence-electron chi connectivity index (χ1n) is 9.01. The molecule has 1 amide bonds. The average Bonchev–Trinajstić information content (AvgIpc) is 3.28. The highest BCUT2D eigenvalue weighted by Crippen LogP contribution is 2.25. The van der Waals surface area contributed by atoms with Crippen LogP contribution in [0.15, 0.2) is 41.5 Å². The maximum absolute atomic E-state index is 14.4. The summed E-state index contributed by atoms with van der Waals surface area (Å²) >= 11 is 0. The number of anilines is 1. The Hall–Kier alpha value is -3.53. The van der Waals surface area contributed by atoms with Crippen molar-refractivity contribution in [3.05, 3.63) is 59.3 Å². The molecule has 2 aromatic carbocycles. The lowest BCUT2D eigenvalue weighted by molar-refractivity contribution is 0.0947. The zero-order chi connectivity index (χ0) is 20.5. The van der Waals surface area contributed by atoms with Crippen LogP contribution in [0.3, 0.4) is 0 Å². The fourth-order valence-corrected chi connectivity index (χ4v) is 3.11. The number of rotatable bonds is 4. The Morgan fingerprint density at radius 2 is 2.00 bits per heavy atom. The molecule has 0 aliphatic carbocycles. The fraction of sp³-hybridized carbons (Fsp3) is 0.211. The molecule has 0 bridgehead atoms. The summed E-state index contributed by atoms with van der Waals surface area (Å²) in [4.78, 5) is 16.3. The average molecular weight is 399 g/mol. The van der Waals surface area contributed by atoms with E-state index in [1.807, 2.05) is 18.2 Å². The second-order valence-corrected chi connectivity index (χ2v) is 6.56. The third-order valence-electron chi connectivity index (χ3n) is 4.53. The Kier molecular flexibility index (Phi) is 4.85. The summed E-state index contributed by atoms with van der Waals surface area (Å²) in [6.45, 7) is 1.95. The van der Waals surface area contributed by atoms with E-state index >= 15 is 0 Å². The molecule has 10 heteroatoms. The van der Waals surface area contributed by atoms with Crippen LogP contribution >= 0.6 is 0 Å². The van der Waals surface area contributed by atoms with Gasteiger partial charge in [-0.25, -0.2) is 19.2 Å². The van der Waals surface area contributed by atoms with Crippen LogP contribution in [-0.4, -0.2) is 40.7 Å². The number of aliphatic imine (C=N–C) groups is 1. The Morgan fingerprint density at radius 3 is 2.72 bits per heavy atom. The number of benzene rings is 2. The van der Waals surface area contributed by atoms with Crippen molar-refractivity contribution in [2.75, 3.05) is 18.9 Å². The minimum absolute atomic E-state index is 0.266. The van der Waals surface area contributed by atoms with Crippen molar-refractivity contribution in [3.63, 3.8) is 0 Å². The zero-order valence-electron chi connectivity index (χ0n) is 15.8. The van der Waals surface area contributed by atoms with Crippen LogP contribution in [0.4, 0.5) is 14.5 Å². The lowest BCUT2D eigenvalue weighted by atomic mass is 10.1. The first kappa shape index (κ1) is 18.8. The highest BCUT2D eigenvalue weighted by molar-refractivity contribution is 5.96. The van der Waals surface area contributed by atoms with E-state index in [2.05, 4.69) is 31.2 Å². The molecule has 1 aliphatic heterocycles. The number of hydrogen-bond acceptors (Lipinski definition) is 6. The number of aromatic amines is 1. The smallest absolute Gasteiger partial charge is 0.257 e. The topological polar surface area (TPSA) is 97.4 Å². The van der Waals surface area contributed by atoms with Crippen molar-refractivity contribution >= 4 is 28.5 Å². The number of hydrazine groups is 1. The summed E-state index contributed by atoms with van der Waals surface area (Å²) in [6, 6.07) is 7.88. The third kappa shape index (κ3) is 3.61. The number of fused-ring (bicyclic) bond motifs is 1. The maximum Gasteiger partial charge on any atom is 0.257 e. The Morgan fingerprint density at radius 1 is 1.24 bits per heavy atom. The van der Waals surface area contributed by atoms with Crippen molar-refractivity contribution in [1.82, 2.24) is 25.9 Å². The highest BCUT2D eigenvalue weighted by atomic mass is 19.1. The number of halogens is 2. The van der Waals surface area contributed by atoms with Gasteiger partial charge in [0.2, 0.25) is 5.96 Å². The first-order chi connectivity index (χ1) is 14.0. The van der Waals surface area contributed by atoms with E-state index in [-0.39, 0.29) is 12.1 Å². The van der Waals surface area contributed by atoms with Gasteiger partial charge in [-0.1, -0.05) is 0 Å².